The van der Waals surface area contributed by atoms with E-state index in [1.165, 1.54) is 29.2 Å². The number of anilines is 3. The highest BCUT2D eigenvalue weighted by molar-refractivity contribution is 8.01. The van der Waals surface area contributed by atoms with Crippen LogP contribution in [0.3, 0.4) is 0 Å². The van der Waals surface area contributed by atoms with Crippen LogP contribution in [0.15, 0.2) is 52.9 Å². The van der Waals surface area contributed by atoms with Gasteiger partial charge in [0.25, 0.3) is 0 Å². The van der Waals surface area contributed by atoms with E-state index >= 15 is 0 Å². The summed E-state index contributed by atoms with van der Waals surface area (Å²) in [6.45, 7) is 1.96. The fraction of sp³-hybridized carbons (Fsp3) is 0.158. The topological polar surface area (TPSA) is 93.2 Å². The zero-order chi connectivity index (χ0) is 20.6. The van der Waals surface area contributed by atoms with Gasteiger partial charge in [-0.25, -0.2) is 9.18 Å². The highest BCUT2D eigenvalue weighted by Gasteiger charge is 2.15. The number of hydrogen-bond donors (Lipinski definition) is 2. The predicted molar refractivity (Wildman–Crippen MR) is 111 cm³/mol. The number of amides is 1. The number of nitrogens with one attached hydrogen (secondary N) is 2. The van der Waals surface area contributed by atoms with Crippen LogP contribution in [0, 0.1) is 5.82 Å². The normalized spacial score (nSPS) is 10.4. The molecule has 2 N–H and O–H groups in total. The van der Waals surface area contributed by atoms with Crippen LogP contribution >= 0.6 is 23.1 Å². The van der Waals surface area contributed by atoms with Crippen LogP contribution in [0.2, 0.25) is 0 Å². The summed E-state index contributed by atoms with van der Waals surface area (Å²) in [7, 11) is 0. The second-order valence-corrected chi connectivity index (χ2v) is 7.78. The van der Waals surface area contributed by atoms with Crippen molar-refractivity contribution in [1.82, 2.24) is 10.2 Å². The van der Waals surface area contributed by atoms with Gasteiger partial charge in [0, 0.05) is 0 Å². The summed E-state index contributed by atoms with van der Waals surface area (Å²) >= 11 is 2.40. The molecule has 0 bridgehead atoms. The molecule has 0 aliphatic rings. The van der Waals surface area contributed by atoms with E-state index in [0.29, 0.717) is 26.4 Å². The van der Waals surface area contributed by atoms with Crippen LogP contribution in [0.1, 0.15) is 17.3 Å². The highest BCUT2D eigenvalue weighted by Crippen LogP contribution is 2.28. The molecule has 3 rings (SSSR count). The van der Waals surface area contributed by atoms with E-state index in [-0.39, 0.29) is 18.3 Å². The van der Waals surface area contributed by atoms with Gasteiger partial charge in [-0.2, -0.15) is 0 Å². The van der Waals surface area contributed by atoms with E-state index in [0.717, 1.165) is 0 Å². The van der Waals surface area contributed by atoms with Crippen molar-refractivity contribution in [3.05, 3.63) is 59.9 Å². The molecule has 29 heavy (non-hydrogen) atoms. The minimum absolute atomic E-state index is 0.0749. The summed E-state index contributed by atoms with van der Waals surface area (Å²) in [5.41, 5.74) is 0.976. The van der Waals surface area contributed by atoms with Gasteiger partial charge < -0.3 is 15.4 Å². The number of thioether (sulfide) groups is 1. The molecule has 0 atom stereocenters. The molecule has 7 nitrogen and oxygen atoms in total. The number of nitrogens with zero attached hydrogens (tertiary/aromatic N) is 2. The van der Waals surface area contributed by atoms with Crippen LogP contribution in [0.4, 0.5) is 20.9 Å². The van der Waals surface area contributed by atoms with Crippen LogP contribution in [-0.2, 0) is 9.53 Å². The molecule has 0 fully saturated rings. The maximum Gasteiger partial charge on any atom is 0.340 e. The molecule has 0 spiro atoms. The average Bonchev–Trinajstić information content (AvgIpc) is 3.16. The lowest BCUT2D eigenvalue weighted by Gasteiger charge is -2.09. The van der Waals surface area contributed by atoms with Crippen molar-refractivity contribution in [2.45, 2.75) is 11.3 Å². The van der Waals surface area contributed by atoms with Gasteiger partial charge in [-0.05, 0) is 31.2 Å². The van der Waals surface area contributed by atoms with Gasteiger partial charge in [0.1, 0.15) is 5.82 Å². The smallest absolute Gasteiger partial charge is 0.340 e. The molecule has 0 aliphatic carbocycles. The minimum atomic E-state index is -0.496. The molecular formula is C19H17FN4O3S2. The van der Waals surface area contributed by atoms with E-state index in [1.54, 1.807) is 49.4 Å². The predicted octanol–water partition coefficient (Wildman–Crippen LogP) is 4.33. The number of aromatic nitrogens is 2. The third kappa shape index (κ3) is 5.75. The number of carbonyl (C=O) groups is 2. The molecule has 0 radical (unpaired) electrons. The Morgan fingerprint density at radius 2 is 1.83 bits per heavy atom. The van der Waals surface area contributed by atoms with Gasteiger partial charge in [0.05, 0.1) is 29.3 Å². The van der Waals surface area contributed by atoms with E-state index in [9.17, 15) is 14.0 Å². The van der Waals surface area contributed by atoms with E-state index < -0.39 is 11.8 Å². The second-order valence-electron chi connectivity index (χ2n) is 5.58. The first kappa shape index (κ1) is 20.7. The Morgan fingerprint density at radius 1 is 1.10 bits per heavy atom. The quantitative estimate of drug-likeness (QED) is 0.404. The number of benzene rings is 2. The Kier molecular flexibility index (Phi) is 7.14. The van der Waals surface area contributed by atoms with E-state index in [1.807, 2.05) is 0 Å². The van der Waals surface area contributed by atoms with Gasteiger partial charge in [-0.15, -0.1) is 10.2 Å². The summed E-state index contributed by atoms with van der Waals surface area (Å²) in [5.74, 6) is -1.11. The number of para-hydroxylation sites is 2. The van der Waals surface area contributed by atoms with Crippen molar-refractivity contribution in [2.75, 3.05) is 23.0 Å². The molecule has 1 amide bonds. The van der Waals surface area contributed by atoms with Crippen molar-refractivity contribution in [1.29, 1.82) is 0 Å². The first-order chi connectivity index (χ1) is 14.1. The van der Waals surface area contributed by atoms with Crippen LogP contribution in [-0.4, -0.2) is 34.4 Å². The molecule has 150 valence electrons. The molecule has 3 aromatic rings. The van der Waals surface area contributed by atoms with Crippen LogP contribution in [0.25, 0.3) is 0 Å². The van der Waals surface area contributed by atoms with Crippen molar-refractivity contribution < 1.29 is 18.7 Å². The maximum absolute atomic E-state index is 13.7. The molecular weight excluding hydrogens is 415 g/mol. The number of ether oxygens (including phenoxy) is 1. The van der Waals surface area contributed by atoms with Crippen molar-refractivity contribution >= 4 is 51.5 Å². The molecule has 0 saturated heterocycles. The SMILES string of the molecule is CCOC(=O)c1ccccc1NC(=O)CSc1nnc(Nc2ccccc2F)s1. The molecule has 0 saturated carbocycles. The first-order valence-electron chi connectivity index (χ1n) is 8.60. The van der Waals surface area contributed by atoms with Gasteiger partial charge in [0.2, 0.25) is 11.0 Å². The lowest BCUT2D eigenvalue weighted by molar-refractivity contribution is -0.113. The summed E-state index contributed by atoms with van der Waals surface area (Å²) in [6.07, 6.45) is 0. The molecule has 1 heterocycles. The Labute approximate surface area is 174 Å². The molecule has 0 unspecified atom stereocenters. The molecule has 1 aromatic heterocycles. The lowest BCUT2D eigenvalue weighted by atomic mass is 10.2. The van der Waals surface area contributed by atoms with Crippen molar-refractivity contribution in [2.24, 2.45) is 0 Å². The molecule has 0 aliphatic heterocycles. The fourth-order valence-corrected chi connectivity index (χ4v) is 3.85. The zero-order valence-electron chi connectivity index (χ0n) is 15.3. The van der Waals surface area contributed by atoms with Crippen LogP contribution in [0.5, 0.6) is 0 Å². The Balaban J connectivity index is 1.56. The molecule has 2 aromatic carbocycles. The highest BCUT2D eigenvalue weighted by atomic mass is 32.2. The largest absolute Gasteiger partial charge is 0.462 e. The lowest BCUT2D eigenvalue weighted by Crippen LogP contribution is -2.17. The molecule has 10 heteroatoms. The first-order valence-corrected chi connectivity index (χ1v) is 10.4. The fourth-order valence-electron chi connectivity index (χ4n) is 2.29. The Morgan fingerprint density at radius 3 is 2.59 bits per heavy atom. The van der Waals surface area contributed by atoms with Gasteiger partial charge in [-0.1, -0.05) is 47.4 Å². The van der Waals surface area contributed by atoms with Gasteiger partial charge in [0.15, 0.2) is 4.34 Å². The van der Waals surface area contributed by atoms with E-state index in [4.69, 9.17) is 4.74 Å². The van der Waals surface area contributed by atoms with Crippen LogP contribution < -0.4 is 10.6 Å². The number of esters is 1. The van der Waals surface area contributed by atoms with Gasteiger partial charge in [-0.3, -0.25) is 4.79 Å². The minimum Gasteiger partial charge on any atom is -0.462 e. The summed E-state index contributed by atoms with van der Waals surface area (Å²) in [5, 5.41) is 13.9. The van der Waals surface area contributed by atoms with Crippen molar-refractivity contribution in [3.63, 3.8) is 0 Å². The van der Waals surface area contributed by atoms with Gasteiger partial charge >= 0.3 is 5.97 Å². The third-order valence-electron chi connectivity index (χ3n) is 3.55. The second kappa shape index (κ2) is 9.99. The van der Waals surface area contributed by atoms with E-state index in [2.05, 4.69) is 20.8 Å². The average molecular weight is 433 g/mol. The standard InChI is InChI=1S/C19H17FN4O3S2/c1-2-27-17(26)12-7-3-5-9-14(12)21-16(25)11-28-19-24-23-18(29-19)22-15-10-6-4-8-13(15)20/h3-10H,2,11H2,1H3,(H,21,25)(H,22,23). The number of hydrogen-bond acceptors (Lipinski definition) is 8. The maximum atomic E-state index is 13.7. The summed E-state index contributed by atoms with van der Waals surface area (Å²) < 4.78 is 19.2. The number of halogens is 1. The Bertz CT molecular complexity index is 1010. The summed E-state index contributed by atoms with van der Waals surface area (Å²) in [6, 6.07) is 12.9. The third-order valence-corrected chi connectivity index (χ3v) is 5.52. The van der Waals surface area contributed by atoms with Crippen molar-refractivity contribution in [3.8, 4) is 0 Å². The number of carbonyl (C=O) groups excluding carboxylic acids is 2. The summed E-state index contributed by atoms with van der Waals surface area (Å²) in [4.78, 5) is 24.2. The zero-order valence-corrected chi connectivity index (χ0v) is 17.0. The number of rotatable bonds is 8. The monoisotopic (exact) mass is 432 g/mol. The Hall–Kier alpha value is -2.98.